The zero-order chi connectivity index (χ0) is 19.4. The molecule has 2 fully saturated rings. The highest BCUT2D eigenvalue weighted by Crippen LogP contribution is 2.23. The molecule has 154 valence electrons. The average Bonchev–Trinajstić information content (AvgIpc) is 2.64. The van der Waals surface area contributed by atoms with Gasteiger partial charge in [0.1, 0.15) is 48.8 Å². The quantitative estimate of drug-likeness (QED) is 0.194. The Morgan fingerprint density at radius 3 is 1.19 bits per heavy atom. The Hall–Kier alpha value is -0.480. The second kappa shape index (κ2) is 9.64. The van der Waals surface area contributed by atoms with Crippen molar-refractivity contribution in [3.63, 3.8) is 0 Å². The third-order valence-corrected chi connectivity index (χ3v) is 4.34. The summed E-state index contributed by atoms with van der Waals surface area (Å²) in [7, 11) is 0. The van der Waals surface area contributed by atoms with Crippen LogP contribution in [0.1, 0.15) is 0 Å². The fraction of sp³-hybridized carbons (Fsp3) is 1.00. The topological polar surface area (TPSA) is 199 Å². The summed E-state index contributed by atoms with van der Waals surface area (Å²) < 4.78 is 20.7. The van der Waals surface area contributed by atoms with Crippen molar-refractivity contribution >= 4 is 0 Å². The van der Waals surface area contributed by atoms with Gasteiger partial charge in [0.25, 0.3) is 0 Å². The van der Waals surface area contributed by atoms with Gasteiger partial charge < -0.3 is 59.8 Å². The van der Waals surface area contributed by atoms with E-state index in [1.165, 1.54) is 0 Å². The van der Waals surface area contributed by atoms with Crippen molar-refractivity contribution < 1.29 is 59.8 Å². The monoisotopic (exact) mass is 386 g/mol. The maximum Gasteiger partial charge on any atom is 0.186 e. The van der Waals surface area contributed by atoms with E-state index in [9.17, 15) is 30.6 Å². The smallest absolute Gasteiger partial charge is 0.186 e. The molecule has 2 rings (SSSR count). The number of aliphatic hydroxyl groups excluding tert-OH is 8. The van der Waals surface area contributed by atoms with Crippen molar-refractivity contribution in [1.82, 2.24) is 0 Å². The Kier molecular flexibility index (Phi) is 8.08. The average molecular weight is 386 g/mol. The SMILES string of the molecule is OC[C@H]1O[C@H](OCCO[C@H]2O[C@H](CO)[C@@H](O)[C@H](O)[C@@H]2O)[C@@H](O)[C@@H](O)[C@@H]1O. The van der Waals surface area contributed by atoms with Crippen LogP contribution in [0.5, 0.6) is 0 Å². The fourth-order valence-electron chi connectivity index (χ4n) is 2.74. The highest BCUT2D eigenvalue weighted by atomic mass is 16.7. The third kappa shape index (κ3) is 4.67. The summed E-state index contributed by atoms with van der Waals surface area (Å²) >= 11 is 0. The first kappa shape index (κ1) is 21.8. The molecule has 0 aromatic heterocycles. The molecule has 0 unspecified atom stereocenters. The normalized spacial score (nSPS) is 47.1. The van der Waals surface area contributed by atoms with E-state index in [4.69, 9.17) is 29.2 Å². The molecular formula is C14H26O12. The number of hydrogen-bond donors (Lipinski definition) is 8. The van der Waals surface area contributed by atoms with Crippen LogP contribution < -0.4 is 0 Å². The second-order valence-corrected chi connectivity index (χ2v) is 6.14. The van der Waals surface area contributed by atoms with Crippen molar-refractivity contribution in [2.24, 2.45) is 0 Å². The van der Waals surface area contributed by atoms with Gasteiger partial charge in [-0.3, -0.25) is 0 Å². The Bertz CT molecular complexity index is 383. The molecule has 2 saturated heterocycles. The van der Waals surface area contributed by atoms with E-state index < -0.39 is 74.6 Å². The first-order chi connectivity index (χ1) is 12.3. The predicted octanol–water partition coefficient (Wildman–Crippen LogP) is -5.38. The molecule has 0 amide bonds. The molecule has 0 aromatic rings. The lowest BCUT2D eigenvalue weighted by Crippen LogP contribution is -2.59. The Morgan fingerprint density at radius 1 is 0.538 bits per heavy atom. The van der Waals surface area contributed by atoms with Crippen molar-refractivity contribution in [2.75, 3.05) is 26.4 Å². The van der Waals surface area contributed by atoms with Crippen LogP contribution in [0.25, 0.3) is 0 Å². The molecule has 0 aromatic carbocycles. The first-order valence-corrected chi connectivity index (χ1v) is 8.16. The Morgan fingerprint density at radius 2 is 0.885 bits per heavy atom. The van der Waals surface area contributed by atoms with Crippen LogP contribution in [0.2, 0.25) is 0 Å². The van der Waals surface area contributed by atoms with Gasteiger partial charge in [-0.2, -0.15) is 0 Å². The number of aliphatic hydroxyl groups is 8. The molecule has 26 heavy (non-hydrogen) atoms. The van der Waals surface area contributed by atoms with Crippen LogP contribution in [0.3, 0.4) is 0 Å². The summed E-state index contributed by atoms with van der Waals surface area (Å²) in [5, 5.41) is 76.4. The van der Waals surface area contributed by atoms with Crippen LogP contribution in [0.4, 0.5) is 0 Å². The predicted molar refractivity (Wildman–Crippen MR) is 79.4 cm³/mol. The van der Waals surface area contributed by atoms with Crippen molar-refractivity contribution in [1.29, 1.82) is 0 Å². The Balaban J connectivity index is 1.79. The lowest BCUT2D eigenvalue weighted by atomic mass is 9.99. The van der Waals surface area contributed by atoms with E-state index in [0.29, 0.717) is 0 Å². The molecule has 8 N–H and O–H groups in total. The van der Waals surface area contributed by atoms with Crippen molar-refractivity contribution in [3.8, 4) is 0 Å². The minimum atomic E-state index is -1.57. The zero-order valence-electron chi connectivity index (χ0n) is 13.8. The minimum absolute atomic E-state index is 0.197. The highest BCUT2D eigenvalue weighted by Gasteiger charge is 2.45. The van der Waals surface area contributed by atoms with Crippen LogP contribution in [0.15, 0.2) is 0 Å². The molecule has 12 nitrogen and oxygen atoms in total. The first-order valence-electron chi connectivity index (χ1n) is 8.16. The van der Waals surface area contributed by atoms with E-state index in [1.807, 2.05) is 0 Å². The van der Waals surface area contributed by atoms with Crippen LogP contribution in [-0.4, -0.2) is 129 Å². The molecule has 2 aliphatic heterocycles. The highest BCUT2D eigenvalue weighted by molar-refractivity contribution is 4.89. The standard InChI is InChI=1S/C14H26O12/c15-3-5-7(17)9(19)11(21)13(25-5)23-1-2-24-14-12(22)10(20)8(18)6(4-16)26-14/h5-22H,1-4H2/t5-,6-,7-,8-,9+,10+,11+,12+,13+,14+/m1/s1. The largest absolute Gasteiger partial charge is 0.394 e. The van der Waals surface area contributed by atoms with Crippen molar-refractivity contribution in [3.05, 3.63) is 0 Å². The molecule has 2 aliphatic rings. The van der Waals surface area contributed by atoms with Gasteiger partial charge >= 0.3 is 0 Å². The minimum Gasteiger partial charge on any atom is -0.394 e. The summed E-state index contributed by atoms with van der Waals surface area (Å²) in [6.45, 7) is -1.58. The van der Waals surface area contributed by atoms with Gasteiger partial charge in [-0.15, -0.1) is 0 Å². The molecule has 0 bridgehead atoms. The van der Waals surface area contributed by atoms with E-state index in [2.05, 4.69) is 0 Å². The van der Waals surface area contributed by atoms with Gasteiger partial charge in [0.05, 0.1) is 26.4 Å². The van der Waals surface area contributed by atoms with Gasteiger partial charge in [-0.1, -0.05) is 0 Å². The summed E-state index contributed by atoms with van der Waals surface area (Å²) in [5.74, 6) is 0. The van der Waals surface area contributed by atoms with Crippen molar-refractivity contribution in [2.45, 2.75) is 61.4 Å². The lowest BCUT2D eigenvalue weighted by molar-refractivity contribution is -0.317. The number of rotatable bonds is 7. The van der Waals surface area contributed by atoms with Gasteiger partial charge in [0.15, 0.2) is 12.6 Å². The van der Waals surface area contributed by atoms with Gasteiger partial charge in [0, 0.05) is 0 Å². The van der Waals surface area contributed by atoms with E-state index in [1.54, 1.807) is 0 Å². The Labute approximate surface area is 148 Å². The molecule has 10 atom stereocenters. The van der Waals surface area contributed by atoms with E-state index >= 15 is 0 Å². The van der Waals surface area contributed by atoms with Crippen LogP contribution in [-0.2, 0) is 18.9 Å². The molecule has 12 heteroatoms. The maximum absolute atomic E-state index is 9.81. The zero-order valence-corrected chi connectivity index (χ0v) is 13.8. The third-order valence-electron chi connectivity index (χ3n) is 4.34. The van der Waals surface area contributed by atoms with Gasteiger partial charge in [-0.25, -0.2) is 0 Å². The van der Waals surface area contributed by atoms with Crippen LogP contribution in [0, 0.1) is 0 Å². The molecular weight excluding hydrogens is 360 g/mol. The van der Waals surface area contributed by atoms with E-state index in [-0.39, 0.29) is 13.2 Å². The summed E-state index contributed by atoms with van der Waals surface area (Å²) in [6, 6.07) is 0. The molecule has 0 saturated carbocycles. The molecule has 0 aliphatic carbocycles. The molecule has 2 heterocycles. The number of hydrogen-bond acceptors (Lipinski definition) is 12. The second-order valence-electron chi connectivity index (χ2n) is 6.14. The van der Waals surface area contributed by atoms with Crippen LogP contribution >= 0.6 is 0 Å². The fourth-order valence-corrected chi connectivity index (χ4v) is 2.74. The van der Waals surface area contributed by atoms with Gasteiger partial charge in [-0.05, 0) is 0 Å². The summed E-state index contributed by atoms with van der Waals surface area (Å²) in [4.78, 5) is 0. The number of ether oxygens (including phenoxy) is 4. The maximum atomic E-state index is 9.81. The molecule has 0 spiro atoms. The molecule has 0 radical (unpaired) electrons. The summed E-state index contributed by atoms with van der Waals surface area (Å²) in [6.07, 6.45) is -14.1. The van der Waals surface area contributed by atoms with E-state index in [0.717, 1.165) is 0 Å². The lowest BCUT2D eigenvalue weighted by Gasteiger charge is -2.40. The summed E-state index contributed by atoms with van der Waals surface area (Å²) in [5.41, 5.74) is 0. The van der Waals surface area contributed by atoms with Gasteiger partial charge in [0.2, 0.25) is 0 Å².